The molecule has 4 nitrogen and oxygen atoms in total. The van der Waals surface area contributed by atoms with E-state index in [4.69, 9.17) is 4.98 Å². The molecule has 198 valence electrons. The van der Waals surface area contributed by atoms with Crippen LogP contribution < -0.4 is 0 Å². The summed E-state index contributed by atoms with van der Waals surface area (Å²) < 4.78 is 4.62. The maximum Gasteiger partial charge on any atom is 0.0991 e. The lowest BCUT2D eigenvalue weighted by Gasteiger charge is -2.18. The van der Waals surface area contributed by atoms with Gasteiger partial charge in [0.1, 0.15) is 0 Å². The second-order valence-corrected chi connectivity index (χ2v) is 11.0. The number of rotatable bonds is 3. The predicted molar refractivity (Wildman–Crippen MR) is 173 cm³/mol. The van der Waals surface area contributed by atoms with Crippen LogP contribution in [0.5, 0.6) is 0 Å². The summed E-state index contributed by atoms with van der Waals surface area (Å²) in [6.07, 6.45) is 1.84. The Balaban J connectivity index is 1.49. The normalized spacial score (nSPS) is 11.5. The molecular weight excluding hydrogens is 512 g/mol. The number of hydrogen-bond donors (Lipinski definition) is 0. The van der Waals surface area contributed by atoms with E-state index in [0.717, 1.165) is 44.7 Å². The van der Waals surface area contributed by atoms with Gasteiger partial charge >= 0.3 is 0 Å². The molecule has 0 bridgehead atoms. The summed E-state index contributed by atoms with van der Waals surface area (Å²) in [6.45, 7) is 4.26. The first kappa shape index (κ1) is 24.2. The Kier molecular flexibility index (Phi) is 5.29. The van der Waals surface area contributed by atoms with E-state index in [2.05, 4.69) is 126 Å². The van der Waals surface area contributed by atoms with Gasteiger partial charge in [-0.1, -0.05) is 59.7 Å². The van der Waals surface area contributed by atoms with Gasteiger partial charge in [-0.05, 0) is 80.6 Å². The zero-order valence-corrected chi connectivity index (χ0v) is 23.3. The van der Waals surface area contributed by atoms with E-state index in [0.29, 0.717) is 5.56 Å². The number of benzene rings is 5. The molecule has 0 spiro atoms. The predicted octanol–water partition coefficient (Wildman–Crippen LogP) is 9.43. The molecule has 0 saturated carbocycles. The van der Waals surface area contributed by atoms with Crippen molar-refractivity contribution in [2.75, 3.05) is 0 Å². The van der Waals surface area contributed by atoms with Gasteiger partial charge in [0.15, 0.2) is 0 Å². The molecule has 0 N–H and O–H groups in total. The molecule has 0 atom stereocenters. The van der Waals surface area contributed by atoms with Crippen LogP contribution in [0.2, 0.25) is 0 Å². The summed E-state index contributed by atoms with van der Waals surface area (Å²) in [4.78, 5) is 5.01. The van der Waals surface area contributed by atoms with Crippen molar-refractivity contribution in [1.29, 1.82) is 5.26 Å². The van der Waals surface area contributed by atoms with Crippen molar-refractivity contribution in [3.8, 4) is 28.7 Å². The fraction of sp³-hybridized carbons (Fsp3) is 0.0526. The van der Waals surface area contributed by atoms with Crippen LogP contribution in [-0.2, 0) is 0 Å². The second-order valence-electron chi connectivity index (χ2n) is 11.0. The third-order valence-electron chi connectivity index (χ3n) is 8.31. The van der Waals surface area contributed by atoms with Crippen molar-refractivity contribution in [3.63, 3.8) is 0 Å². The highest BCUT2D eigenvalue weighted by Crippen LogP contribution is 2.40. The van der Waals surface area contributed by atoms with E-state index in [-0.39, 0.29) is 0 Å². The van der Waals surface area contributed by atoms with Gasteiger partial charge in [0.2, 0.25) is 0 Å². The third kappa shape index (κ3) is 3.51. The Bertz CT molecular complexity index is 2400. The summed E-state index contributed by atoms with van der Waals surface area (Å²) in [6, 6.07) is 42.7. The largest absolute Gasteiger partial charge is 0.309 e. The smallest absolute Gasteiger partial charge is 0.0991 e. The number of fused-ring (bicyclic) bond motifs is 6. The Morgan fingerprint density at radius 1 is 0.548 bits per heavy atom. The summed E-state index contributed by atoms with van der Waals surface area (Å²) in [5, 5.41) is 14.8. The van der Waals surface area contributed by atoms with Crippen LogP contribution in [-0.4, -0.2) is 14.1 Å². The average Bonchev–Trinajstić information content (AvgIpc) is 3.53. The molecule has 0 aliphatic carbocycles. The van der Waals surface area contributed by atoms with Gasteiger partial charge in [0, 0.05) is 33.3 Å². The highest BCUT2D eigenvalue weighted by molar-refractivity contribution is 6.11. The summed E-state index contributed by atoms with van der Waals surface area (Å²) in [5.74, 6) is 0. The Labute approximate surface area is 243 Å². The number of hydrogen-bond acceptors (Lipinski definition) is 2. The molecular formula is C38H26N4. The number of pyridine rings is 1. The quantitative estimate of drug-likeness (QED) is 0.225. The summed E-state index contributed by atoms with van der Waals surface area (Å²) >= 11 is 0. The van der Waals surface area contributed by atoms with Crippen LogP contribution in [0.4, 0.5) is 0 Å². The van der Waals surface area contributed by atoms with Crippen molar-refractivity contribution < 1.29 is 0 Å². The maximum absolute atomic E-state index is 9.98. The van der Waals surface area contributed by atoms with Gasteiger partial charge in [-0.15, -0.1) is 0 Å². The molecule has 4 heteroatoms. The number of nitrogens with zero attached hydrogens (tertiary/aromatic N) is 4. The van der Waals surface area contributed by atoms with Gasteiger partial charge in [-0.3, -0.25) is 4.98 Å². The standard InChI is InChI=1S/C38H26N4/c1-24-13-16-34-29(20-24)27-8-3-5-10-32(27)41(34)36-18-15-26(23-39)22-31(36)38-37(12-7-19-40-38)42-33-11-6-4-9-28(33)30-21-25(2)14-17-35(30)42/h3-22H,1-2H3. The zero-order chi connectivity index (χ0) is 28.4. The fourth-order valence-corrected chi connectivity index (χ4v) is 6.47. The minimum absolute atomic E-state index is 0.597. The van der Waals surface area contributed by atoms with E-state index < -0.39 is 0 Å². The molecule has 0 unspecified atom stereocenters. The molecule has 3 aromatic heterocycles. The second kappa shape index (κ2) is 9.19. The molecule has 3 heterocycles. The van der Waals surface area contributed by atoms with E-state index in [1.807, 2.05) is 24.4 Å². The van der Waals surface area contributed by atoms with Crippen LogP contribution in [0.3, 0.4) is 0 Å². The van der Waals surface area contributed by atoms with E-state index in [9.17, 15) is 5.26 Å². The lowest BCUT2D eigenvalue weighted by atomic mass is 10.0. The lowest BCUT2D eigenvalue weighted by Crippen LogP contribution is -2.03. The average molecular weight is 539 g/mol. The van der Waals surface area contributed by atoms with Crippen molar-refractivity contribution in [2.45, 2.75) is 13.8 Å². The van der Waals surface area contributed by atoms with Gasteiger partial charge < -0.3 is 9.13 Å². The highest BCUT2D eigenvalue weighted by Gasteiger charge is 2.21. The molecule has 0 aliphatic heterocycles. The van der Waals surface area contributed by atoms with Crippen molar-refractivity contribution >= 4 is 43.6 Å². The Morgan fingerprint density at radius 3 is 1.74 bits per heavy atom. The fourth-order valence-electron chi connectivity index (χ4n) is 6.47. The van der Waals surface area contributed by atoms with Gasteiger partial charge in [-0.25, -0.2) is 0 Å². The molecule has 8 aromatic rings. The highest BCUT2D eigenvalue weighted by atomic mass is 15.0. The third-order valence-corrected chi connectivity index (χ3v) is 8.31. The maximum atomic E-state index is 9.98. The number of aryl methyl sites for hydroxylation is 2. The van der Waals surface area contributed by atoms with Gasteiger partial charge in [0.25, 0.3) is 0 Å². The van der Waals surface area contributed by atoms with Crippen LogP contribution in [0.1, 0.15) is 16.7 Å². The van der Waals surface area contributed by atoms with Crippen molar-refractivity contribution in [3.05, 3.63) is 138 Å². The lowest BCUT2D eigenvalue weighted by molar-refractivity contribution is 1.13. The number of nitriles is 1. The van der Waals surface area contributed by atoms with Crippen LogP contribution in [0.25, 0.3) is 66.2 Å². The molecule has 0 fully saturated rings. The molecule has 5 aromatic carbocycles. The Morgan fingerprint density at radius 2 is 1.12 bits per heavy atom. The molecule has 0 saturated heterocycles. The van der Waals surface area contributed by atoms with Gasteiger partial charge in [-0.2, -0.15) is 5.26 Å². The molecule has 0 radical (unpaired) electrons. The van der Waals surface area contributed by atoms with Crippen LogP contribution in [0.15, 0.2) is 121 Å². The molecule has 42 heavy (non-hydrogen) atoms. The first-order valence-corrected chi connectivity index (χ1v) is 14.1. The zero-order valence-electron chi connectivity index (χ0n) is 23.3. The Hall–Kier alpha value is -5.66. The van der Waals surface area contributed by atoms with E-state index in [1.54, 1.807) is 0 Å². The SMILES string of the molecule is Cc1ccc2c(c1)c1ccccc1n2-c1ccc(C#N)cc1-c1ncccc1-n1c2ccccc2c2cc(C)ccc21. The van der Waals surface area contributed by atoms with Crippen molar-refractivity contribution in [1.82, 2.24) is 14.1 Å². The minimum Gasteiger partial charge on any atom is -0.309 e. The first-order valence-electron chi connectivity index (χ1n) is 14.1. The molecule has 8 rings (SSSR count). The van der Waals surface area contributed by atoms with Crippen LogP contribution in [0, 0.1) is 25.2 Å². The number of aromatic nitrogens is 3. The van der Waals surface area contributed by atoms with E-state index >= 15 is 0 Å². The first-order chi connectivity index (χ1) is 20.6. The summed E-state index contributed by atoms with van der Waals surface area (Å²) in [5.41, 5.74) is 11.2. The minimum atomic E-state index is 0.597. The molecule has 0 amide bonds. The van der Waals surface area contributed by atoms with Crippen LogP contribution >= 0.6 is 0 Å². The number of para-hydroxylation sites is 2. The topological polar surface area (TPSA) is 46.5 Å². The van der Waals surface area contributed by atoms with Gasteiger partial charge in [0.05, 0.1) is 50.8 Å². The molecule has 0 aliphatic rings. The van der Waals surface area contributed by atoms with Crippen molar-refractivity contribution in [2.24, 2.45) is 0 Å². The summed E-state index contributed by atoms with van der Waals surface area (Å²) in [7, 11) is 0. The van der Waals surface area contributed by atoms with E-state index in [1.165, 1.54) is 32.7 Å². The monoisotopic (exact) mass is 538 g/mol.